The molecule has 30 heavy (non-hydrogen) atoms. The molecule has 4 atom stereocenters. The van der Waals surface area contributed by atoms with E-state index in [1.54, 1.807) is 0 Å². The molecule has 0 aromatic carbocycles. The maximum atomic E-state index is 12.5. The topological polar surface area (TPSA) is 76.7 Å². The molecule has 0 aromatic heterocycles. The minimum atomic E-state index is -0.472. The molecular formula is C24H44N2O4. The lowest BCUT2D eigenvalue weighted by atomic mass is 9.83. The Labute approximate surface area is 183 Å². The summed E-state index contributed by atoms with van der Waals surface area (Å²) >= 11 is 0. The van der Waals surface area contributed by atoms with Crippen molar-refractivity contribution in [3.8, 4) is 0 Å². The second kappa shape index (κ2) is 10.4. The third-order valence-electron chi connectivity index (χ3n) is 6.59. The number of hydrogen-bond acceptors (Lipinski definition) is 6. The van der Waals surface area contributed by atoms with Crippen molar-refractivity contribution in [1.29, 1.82) is 0 Å². The van der Waals surface area contributed by atoms with Gasteiger partial charge in [0.25, 0.3) is 0 Å². The van der Waals surface area contributed by atoms with E-state index in [4.69, 9.17) is 9.47 Å². The number of nitrogens with one attached hydrogen (secondary N) is 2. The first-order valence-corrected chi connectivity index (χ1v) is 11.8. The van der Waals surface area contributed by atoms with Crippen LogP contribution in [0.3, 0.4) is 0 Å². The molecule has 2 aliphatic heterocycles. The van der Waals surface area contributed by atoms with Crippen molar-refractivity contribution in [2.45, 2.75) is 123 Å². The molecule has 0 radical (unpaired) electrons. The molecule has 174 valence electrons. The van der Waals surface area contributed by atoms with Gasteiger partial charge in [0.15, 0.2) is 0 Å². The minimum Gasteiger partial charge on any atom is -0.462 e. The van der Waals surface area contributed by atoms with E-state index in [1.807, 2.05) is 0 Å². The highest BCUT2D eigenvalue weighted by molar-refractivity contribution is 5.91. The smallest absolute Gasteiger partial charge is 0.317 e. The normalized spacial score (nSPS) is 31.8. The molecule has 2 saturated heterocycles. The van der Waals surface area contributed by atoms with Crippen LogP contribution in [-0.2, 0) is 19.1 Å². The van der Waals surface area contributed by atoms with Gasteiger partial charge in [-0.3, -0.25) is 9.59 Å². The second-order valence-corrected chi connectivity index (χ2v) is 11.1. The Morgan fingerprint density at radius 3 is 1.70 bits per heavy atom. The molecule has 0 bridgehead atoms. The van der Waals surface area contributed by atoms with Crippen LogP contribution in [0.15, 0.2) is 0 Å². The molecule has 0 amide bonds. The maximum Gasteiger partial charge on any atom is 0.317 e. The molecule has 2 heterocycles. The predicted molar refractivity (Wildman–Crippen MR) is 119 cm³/mol. The Bertz CT molecular complexity index is 572. The number of carbonyl (C=O) groups is 2. The van der Waals surface area contributed by atoms with Crippen LogP contribution in [0, 0.1) is 17.8 Å². The lowest BCUT2D eigenvalue weighted by Crippen LogP contribution is -2.56. The van der Waals surface area contributed by atoms with Crippen molar-refractivity contribution >= 4 is 11.9 Å². The van der Waals surface area contributed by atoms with E-state index in [2.05, 4.69) is 66.0 Å². The van der Waals surface area contributed by atoms with E-state index in [9.17, 15) is 9.59 Å². The van der Waals surface area contributed by atoms with Crippen LogP contribution < -0.4 is 10.6 Å². The first kappa shape index (κ1) is 25.1. The van der Waals surface area contributed by atoms with E-state index in [-0.39, 0.29) is 24.2 Å². The van der Waals surface area contributed by atoms with E-state index in [1.165, 1.54) is 0 Å². The number of ether oxygens (including phenoxy) is 2. The SMILES string of the molecule is CC(C)C1CC(OC(=O)CC(=O)OC2CC(C(C)C)NC(C)(C)C2)CC(C(C)C)N1. The summed E-state index contributed by atoms with van der Waals surface area (Å²) in [6.07, 6.45) is 2.50. The van der Waals surface area contributed by atoms with Gasteiger partial charge in [-0.2, -0.15) is 0 Å². The van der Waals surface area contributed by atoms with Crippen molar-refractivity contribution < 1.29 is 19.1 Å². The maximum absolute atomic E-state index is 12.5. The monoisotopic (exact) mass is 424 g/mol. The minimum absolute atomic E-state index is 0.0918. The summed E-state index contributed by atoms with van der Waals surface area (Å²) in [5.41, 5.74) is -0.0918. The second-order valence-electron chi connectivity index (χ2n) is 11.1. The van der Waals surface area contributed by atoms with Crippen LogP contribution in [0.5, 0.6) is 0 Å². The van der Waals surface area contributed by atoms with Crippen molar-refractivity contribution in [3.63, 3.8) is 0 Å². The summed E-state index contributed by atoms with van der Waals surface area (Å²) in [4.78, 5) is 24.9. The molecule has 0 aliphatic carbocycles. The Morgan fingerprint density at radius 2 is 1.23 bits per heavy atom. The number of rotatable bonds is 7. The third kappa shape index (κ3) is 7.52. The zero-order valence-corrected chi connectivity index (χ0v) is 20.3. The molecule has 4 unspecified atom stereocenters. The van der Waals surface area contributed by atoms with Gasteiger partial charge in [0.1, 0.15) is 18.6 Å². The summed E-state index contributed by atoms with van der Waals surface area (Å²) in [5, 5.41) is 7.31. The van der Waals surface area contributed by atoms with Gasteiger partial charge in [-0.25, -0.2) is 0 Å². The third-order valence-corrected chi connectivity index (χ3v) is 6.59. The Kier molecular flexibility index (Phi) is 8.75. The van der Waals surface area contributed by atoms with E-state index < -0.39 is 11.9 Å². The first-order chi connectivity index (χ1) is 13.9. The van der Waals surface area contributed by atoms with Crippen molar-refractivity contribution in [3.05, 3.63) is 0 Å². The number of hydrogen-bond donors (Lipinski definition) is 2. The Hall–Kier alpha value is -1.14. The fourth-order valence-corrected chi connectivity index (χ4v) is 4.76. The largest absolute Gasteiger partial charge is 0.462 e. The zero-order valence-electron chi connectivity index (χ0n) is 20.3. The molecule has 0 aromatic rings. The van der Waals surface area contributed by atoms with Gasteiger partial charge < -0.3 is 20.1 Å². The van der Waals surface area contributed by atoms with Crippen molar-refractivity contribution in [2.75, 3.05) is 0 Å². The van der Waals surface area contributed by atoms with Crippen molar-refractivity contribution in [2.24, 2.45) is 17.8 Å². The van der Waals surface area contributed by atoms with Gasteiger partial charge in [0, 0.05) is 49.3 Å². The number of piperidine rings is 2. The summed E-state index contributed by atoms with van der Waals surface area (Å²) in [6.45, 7) is 17.3. The first-order valence-electron chi connectivity index (χ1n) is 11.8. The lowest BCUT2D eigenvalue weighted by molar-refractivity contribution is -0.163. The van der Waals surface area contributed by atoms with E-state index in [0.29, 0.717) is 35.9 Å². The average molecular weight is 425 g/mol. The van der Waals surface area contributed by atoms with Crippen LogP contribution in [0.4, 0.5) is 0 Å². The van der Waals surface area contributed by atoms with Crippen LogP contribution >= 0.6 is 0 Å². The fraction of sp³-hybridized carbons (Fsp3) is 0.917. The molecule has 6 nitrogen and oxygen atoms in total. The van der Waals surface area contributed by atoms with Crippen molar-refractivity contribution in [1.82, 2.24) is 10.6 Å². The molecule has 2 rings (SSSR count). The van der Waals surface area contributed by atoms with Gasteiger partial charge in [0.05, 0.1) is 0 Å². The van der Waals surface area contributed by atoms with Crippen LogP contribution in [0.1, 0.15) is 87.5 Å². The van der Waals surface area contributed by atoms with Crippen LogP contribution in [-0.4, -0.2) is 47.8 Å². The molecule has 2 N–H and O–H groups in total. The van der Waals surface area contributed by atoms with Gasteiger partial charge in [-0.15, -0.1) is 0 Å². The zero-order chi connectivity index (χ0) is 22.6. The highest BCUT2D eigenvalue weighted by Gasteiger charge is 2.37. The molecule has 2 fully saturated rings. The molecule has 0 saturated carbocycles. The predicted octanol–water partition coefficient (Wildman–Crippen LogP) is 3.82. The number of esters is 2. The van der Waals surface area contributed by atoms with Gasteiger partial charge in [0.2, 0.25) is 0 Å². The van der Waals surface area contributed by atoms with Gasteiger partial charge in [-0.1, -0.05) is 41.5 Å². The van der Waals surface area contributed by atoms with Crippen LogP contribution in [0.2, 0.25) is 0 Å². The highest BCUT2D eigenvalue weighted by Crippen LogP contribution is 2.28. The number of carbonyl (C=O) groups excluding carboxylic acids is 2. The van der Waals surface area contributed by atoms with E-state index >= 15 is 0 Å². The summed E-state index contributed by atoms with van der Waals surface area (Å²) in [5.74, 6) is 0.453. The summed E-state index contributed by atoms with van der Waals surface area (Å²) in [6, 6.07) is 0.941. The van der Waals surface area contributed by atoms with Gasteiger partial charge in [-0.05, 0) is 31.6 Å². The highest BCUT2D eigenvalue weighted by atomic mass is 16.6. The average Bonchev–Trinajstić information content (AvgIpc) is 2.59. The van der Waals surface area contributed by atoms with Gasteiger partial charge >= 0.3 is 11.9 Å². The quantitative estimate of drug-likeness (QED) is 0.478. The Morgan fingerprint density at radius 1 is 0.800 bits per heavy atom. The molecule has 6 heteroatoms. The van der Waals surface area contributed by atoms with Crippen LogP contribution in [0.25, 0.3) is 0 Å². The fourth-order valence-electron chi connectivity index (χ4n) is 4.76. The Balaban J connectivity index is 1.87. The molecular weight excluding hydrogens is 380 g/mol. The summed E-state index contributed by atoms with van der Waals surface area (Å²) in [7, 11) is 0. The lowest BCUT2D eigenvalue weighted by Gasteiger charge is -2.42. The molecule has 0 spiro atoms. The van der Waals surface area contributed by atoms with E-state index in [0.717, 1.165) is 25.7 Å². The standard InChI is InChI=1S/C24H44N2O4/c1-14(2)19-9-17(10-20(25-19)15(3)4)29-22(27)12-23(28)30-18-11-21(16(5)6)26-24(7,8)13-18/h14-21,25-26H,9-13H2,1-8H3. The summed E-state index contributed by atoms with van der Waals surface area (Å²) < 4.78 is 11.4. The molecule has 2 aliphatic rings.